The van der Waals surface area contributed by atoms with Gasteiger partial charge in [-0.25, -0.2) is 0 Å². The number of aryl methyl sites for hydroxylation is 1. The lowest BCUT2D eigenvalue weighted by molar-refractivity contribution is -0.130. The Morgan fingerprint density at radius 1 is 1.17 bits per heavy atom. The standard InChI is InChI=1S/C18H24O4S/c1-13-6-8-16(9-7-13)23(20,21)22-17-5-3-4-14-12-15(19)10-11-18(14,17)2/h6-9,14,17H,3-5,10-12H2,1-2H3/t14-,17-,18+/m1/s1. The van der Waals surface area contributed by atoms with Crippen LogP contribution in [0.5, 0.6) is 0 Å². The van der Waals surface area contributed by atoms with E-state index in [4.69, 9.17) is 4.18 Å². The van der Waals surface area contributed by atoms with E-state index in [0.29, 0.717) is 18.6 Å². The van der Waals surface area contributed by atoms with Crippen LogP contribution in [0.2, 0.25) is 0 Å². The number of ketones is 1. The highest BCUT2D eigenvalue weighted by Gasteiger charge is 2.49. The lowest BCUT2D eigenvalue weighted by Crippen LogP contribution is -2.48. The van der Waals surface area contributed by atoms with Gasteiger partial charge in [-0.05, 0) is 49.7 Å². The summed E-state index contributed by atoms with van der Waals surface area (Å²) in [5.41, 5.74) is 0.795. The topological polar surface area (TPSA) is 60.4 Å². The van der Waals surface area contributed by atoms with Gasteiger partial charge in [0.1, 0.15) is 5.78 Å². The van der Waals surface area contributed by atoms with Gasteiger partial charge in [0.15, 0.2) is 0 Å². The number of hydrogen-bond acceptors (Lipinski definition) is 4. The molecule has 0 bridgehead atoms. The molecule has 0 unspecified atom stereocenters. The highest BCUT2D eigenvalue weighted by Crippen LogP contribution is 2.51. The molecule has 4 nitrogen and oxygen atoms in total. The van der Waals surface area contributed by atoms with Gasteiger partial charge in [0, 0.05) is 12.8 Å². The first-order chi connectivity index (χ1) is 10.8. The molecule has 0 aromatic heterocycles. The Hall–Kier alpha value is -1.20. The maximum absolute atomic E-state index is 12.6. The SMILES string of the molecule is Cc1ccc(S(=O)(=O)O[C@@H]2CCC[C@@H]3CC(=O)CC[C@@]32C)cc1. The molecule has 1 aromatic rings. The molecule has 3 atom stereocenters. The van der Waals surface area contributed by atoms with Crippen molar-refractivity contribution in [2.24, 2.45) is 11.3 Å². The molecule has 2 aliphatic rings. The van der Waals surface area contributed by atoms with Crippen molar-refractivity contribution in [1.29, 1.82) is 0 Å². The zero-order chi connectivity index (χ0) is 16.7. The number of fused-ring (bicyclic) bond motifs is 1. The molecule has 0 aliphatic heterocycles. The second-order valence-electron chi connectivity index (χ2n) is 7.23. The maximum Gasteiger partial charge on any atom is 0.297 e. The number of rotatable bonds is 3. The Kier molecular flexibility index (Phi) is 4.36. The van der Waals surface area contributed by atoms with Crippen LogP contribution in [0.3, 0.4) is 0 Å². The third-order valence-electron chi connectivity index (χ3n) is 5.66. The van der Waals surface area contributed by atoms with Gasteiger partial charge in [-0.3, -0.25) is 8.98 Å². The first-order valence-electron chi connectivity index (χ1n) is 8.33. The molecule has 0 heterocycles. The lowest BCUT2D eigenvalue weighted by atomic mass is 9.59. The summed E-state index contributed by atoms with van der Waals surface area (Å²) in [7, 11) is -3.76. The third kappa shape index (κ3) is 3.22. The lowest BCUT2D eigenvalue weighted by Gasteiger charge is -2.49. The summed E-state index contributed by atoms with van der Waals surface area (Å²) in [5, 5.41) is 0. The van der Waals surface area contributed by atoms with Crippen LogP contribution in [0.25, 0.3) is 0 Å². The predicted octanol–water partition coefficient (Wildman–Crippen LogP) is 3.63. The van der Waals surface area contributed by atoms with Crippen molar-refractivity contribution < 1.29 is 17.4 Å². The predicted molar refractivity (Wildman–Crippen MR) is 87.5 cm³/mol. The molecule has 0 spiro atoms. The third-order valence-corrected chi connectivity index (χ3v) is 6.99. The Balaban J connectivity index is 1.83. The molecule has 3 rings (SSSR count). The highest BCUT2D eigenvalue weighted by molar-refractivity contribution is 7.86. The number of Topliss-reactive ketones (excluding diaryl/α,β-unsaturated/α-hetero) is 1. The van der Waals surface area contributed by atoms with Gasteiger partial charge in [0.2, 0.25) is 0 Å². The van der Waals surface area contributed by atoms with E-state index < -0.39 is 10.1 Å². The van der Waals surface area contributed by atoms with Crippen LogP contribution in [0.1, 0.15) is 51.0 Å². The minimum atomic E-state index is -3.76. The number of carbonyl (C=O) groups is 1. The quantitative estimate of drug-likeness (QED) is 0.791. The number of carbonyl (C=O) groups excluding carboxylic acids is 1. The van der Waals surface area contributed by atoms with Crippen molar-refractivity contribution >= 4 is 15.9 Å². The van der Waals surface area contributed by atoms with E-state index in [2.05, 4.69) is 6.92 Å². The van der Waals surface area contributed by atoms with Crippen molar-refractivity contribution in [3.8, 4) is 0 Å². The second-order valence-corrected chi connectivity index (χ2v) is 8.80. The van der Waals surface area contributed by atoms with Crippen LogP contribution >= 0.6 is 0 Å². The van der Waals surface area contributed by atoms with Crippen LogP contribution in [0.15, 0.2) is 29.2 Å². The van der Waals surface area contributed by atoms with Crippen LogP contribution in [-0.4, -0.2) is 20.3 Å². The minimum Gasteiger partial charge on any atom is -0.300 e. The molecule has 0 amide bonds. The summed E-state index contributed by atoms with van der Waals surface area (Å²) in [6, 6.07) is 6.75. The van der Waals surface area contributed by atoms with Gasteiger partial charge >= 0.3 is 0 Å². The Bertz CT molecular complexity index is 692. The fraction of sp³-hybridized carbons (Fsp3) is 0.611. The fourth-order valence-electron chi connectivity index (χ4n) is 4.03. The van der Waals surface area contributed by atoms with E-state index in [1.54, 1.807) is 24.3 Å². The maximum atomic E-state index is 12.6. The minimum absolute atomic E-state index is 0.209. The molecule has 0 N–H and O–H groups in total. The molecule has 2 fully saturated rings. The van der Waals surface area contributed by atoms with Gasteiger partial charge in [-0.15, -0.1) is 0 Å². The van der Waals surface area contributed by atoms with Crippen molar-refractivity contribution in [3.05, 3.63) is 29.8 Å². The Morgan fingerprint density at radius 3 is 2.57 bits per heavy atom. The molecule has 0 saturated heterocycles. The van der Waals surface area contributed by atoms with Crippen LogP contribution in [0, 0.1) is 18.3 Å². The molecule has 23 heavy (non-hydrogen) atoms. The summed E-state index contributed by atoms with van der Waals surface area (Å²) in [4.78, 5) is 12.0. The molecular weight excluding hydrogens is 312 g/mol. The first-order valence-corrected chi connectivity index (χ1v) is 9.74. The van der Waals surface area contributed by atoms with Crippen molar-refractivity contribution in [2.75, 3.05) is 0 Å². The number of benzene rings is 1. The van der Waals surface area contributed by atoms with Crippen molar-refractivity contribution in [1.82, 2.24) is 0 Å². The summed E-state index contributed by atoms with van der Waals surface area (Å²) >= 11 is 0. The molecular formula is C18H24O4S. The molecule has 0 radical (unpaired) electrons. The van der Waals surface area contributed by atoms with Gasteiger partial charge in [0.25, 0.3) is 10.1 Å². The van der Waals surface area contributed by atoms with Crippen LogP contribution < -0.4 is 0 Å². The molecule has 2 aliphatic carbocycles. The van der Waals surface area contributed by atoms with Gasteiger partial charge in [0.05, 0.1) is 11.0 Å². The normalized spacial score (nSPS) is 31.7. The van der Waals surface area contributed by atoms with E-state index in [9.17, 15) is 13.2 Å². The van der Waals surface area contributed by atoms with E-state index in [1.807, 2.05) is 6.92 Å². The van der Waals surface area contributed by atoms with E-state index in [0.717, 1.165) is 31.2 Å². The van der Waals surface area contributed by atoms with Gasteiger partial charge in [-0.1, -0.05) is 31.0 Å². The molecule has 1 aromatic carbocycles. The van der Waals surface area contributed by atoms with Gasteiger partial charge in [-0.2, -0.15) is 8.42 Å². The monoisotopic (exact) mass is 336 g/mol. The molecule has 5 heteroatoms. The average Bonchev–Trinajstić information content (AvgIpc) is 2.49. The summed E-state index contributed by atoms with van der Waals surface area (Å²) in [6.45, 7) is 4.02. The van der Waals surface area contributed by atoms with Crippen molar-refractivity contribution in [2.45, 2.75) is 63.4 Å². The molecule has 126 valence electrons. The van der Waals surface area contributed by atoms with E-state index in [1.165, 1.54) is 0 Å². The second kappa shape index (κ2) is 6.02. The van der Waals surface area contributed by atoms with Crippen LogP contribution in [-0.2, 0) is 19.1 Å². The summed E-state index contributed by atoms with van der Waals surface area (Å²) < 4.78 is 30.9. The summed E-state index contributed by atoms with van der Waals surface area (Å²) in [5.74, 6) is 0.547. The fourth-order valence-corrected chi connectivity index (χ4v) is 5.23. The summed E-state index contributed by atoms with van der Waals surface area (Å²) in [6.07, 6.45) is 4.16. The van der Waals surface area contributed by atoms with E-state index >= 15 is 0 Å². The zero-order valence-corrected chi connectivity index (χ0v) is 14.6. The Labute approximate surface area is 138 Å². The number of hydrogen-bond donors (Lipinski definition) is 0. The smallest absolute Gasteiger partial charge is 0.297 e. The van der Waals surface area contributed by atoms with Crippen molar-refractivity contribution in [3.63, 3.8) is 0 Å². The Morgan fingerprint density at radius 2 is 1.87 bits per heavy atom. The zero-order valence-electron chi connectivity index (χ0n) is 13.7. The average molecular weight is 336 g/mol. The highest BCUT2D eigenvalue weighted by atomic mass is 32.2. The van der Waals surface area contributed by atoms with Crippen LogP contribution in [0.4, 0.5) is 0 Å². The van der Waals surface area contributed by atoms with Gasteiger partial charge < -0.3 is 0 Å². The molecule has 2 saturated carbocycles. The van der Waals surface area contributed by atoms with E-state index in [-0.39, 0.29) is 22.3 Å². The largest absolute Gasteiger partial charge is 0.300 e. The first kappa shape index (κ1) is 16.7.